The largest absolute Gasteiger partial charge is 0.444 e. The van der Waals surface area contributed by atoms with Crippen LogP contribution in [-0.4, -0.2) is 12.1 Å². The fraction of sp³-hybridized carbons (Fsp3) is 0.643. The summed E-state index contributed by atoms with van der Waals surface area (Å²) in [5, 5.41) is 0. The van der Waals surface area contributed by atoms with Crippen LogP contribution in [-0.2, 0) is 9.53 Å². The lowest BCUT2D eigenvalue weighted by Gasteiger charge is -2.21. The van der Waals surface area contributed by atoms with Gasteiger partial charge in [-0.2, -0.15) is 0 Å². The number of ether oxygens (including phenoxy) is 1. The first-order valence-electron chi connectivity index (χ1n) is 5.67. The fourth-order valence-electron chi connectivity index (χ4n) is 1.05. The summed E-state index contributed by atoms with van der Waals surface area (Å²) in [5.41, 5.74) is 0.280. The molecule has 2 heteroatoms. The summed E-state index contributed by atoms with van der Waals surface area (Å²) in [5.74, 6) is 2.19. The maximum absolute atomic E-state index is 11.7. The second-order valence-electron chi connectivity index (χ2n) is 4.96. The Morgan fingerprint density at radius 2 is 2.06 bits per heavy atom. The number of esters is 1. The molecule has 0 spiro atoms. The molecule has 0 rings (SSSR count). The number of terminal acetylenes is 1. The van der Waals surface area contributed by atoms with Crippen molar-refractivity contribution in [1.29, 1.82) is 0 Å². The molecule has 0 aliphatic carbocycles. The molecule has 0 aromatic rings. The number of unbranched alkanes of at least 4 members (excludes halogenated alkanes) is 1. The highest BCUT2D eigenvalue weighted by molar-refractivity contribution is 5.76. The minimum absolute atomic E-state index is 0.284. The molecule has 0 N–H and O–H groups in total. The first kappa shape index (κ1) is 14.8. The van der Waals surface area contributed by atoms with Gasteiger partial charge in [0.1, 0.15) is 0 Å². The maximum Gasteiger partial charge on any atom is 0.312 e. The summed E-state index contributed by atoms with van der Waals surface area (Å²) in [6, 6.07) is 0. The van der Waals surface area contributed by atoms with Crippen LogP contribution in [0.15, 0.2) is 12.2 Å². The Labute approximate surface area is 99.1 Å². The Bertz CT molecular complexity index is 289. The molecule has 0 saturated carbocycles. The molecule has 16 heavy (non-hydrogen) atoms. The second-order valence-corrected chi connectivity index (χ2v) is 4.96. The van der Waals surface area contributed by atoms with Gasteiger partial charge in [0.25, 0.3) is 0 Å². The number of rotatable bonds is 5. The molecule has 0 bridgehead atoms. The van der Waals surface area contributed by atoms with E-state index in [0.717, 1.165) is 24.8 Å². The molecule has 2 nitrogen and oxygen atoms in total. The van der Waals surface area contributed by atoms with Crippen LogP contribution in [0.1, 0.15) is 47.0 Å². The lowest BCUT2D eigenvalue weighted by atomic mass is 9.97. The van der Waals surface area contributed by atoms with Gasteiger partial charge in [0.15, 0.2) is 6.10 Å². The third-order valence-corrected chi connectivity index (χ3v) is 2.21. The van der Waals surface area contributed by atoms with Crippen molar-refractivity contribution in [3.63, 3.8) is 0 Å². The van der Waals surface area contributed by atoms with Gasteiger partial charge in [0.2, 0.25) is 0 Å². The minimum atomic E-state index is -0.585. The molecule has 0 radical (unpaired) electrons. The number of carbonyl (C=O) groups excluding carboxylic acids is 1. The summed E-state index contributed by atoms with van der Waals surface area (Å²) in [6.07, 6.45) is 7.66. The summed E-state index contributed by atoms with van der Waals surface area (Å²) >= 11 is 0. The van der Waals surface area contributed by atoms with E-state index in [-0.39, 0.29) is 5.97 Å². The van der Waals surface area contributed by atoms with Crippen molar-refractivity contribution < 1.29 is 9.53 Å². The molecule has 0 fully saturated rings. The smallest absolute Gasteiger partial charge is 0.312 e. The molecule has 0 aliphatic heterocycles. The summed E-state index contributed by atoms with van der Waals surface area (Å²) in [4.78, 5) is 11.7. The van der Waals surface area contributed by atoms with Crippen LogP contribution in [0, 0.1) is 17.8 Å². The van der Waals surface area contributed by atoms with Gasteiger partial charge in [0.05, 0.1) is 5.41 Å². The molecule has 0 saturated heterocycles. The Balaban J connectivity index is 4.38. The molecule has 1 atom stereocenters. The van der Waals surface area contributed by atoms with Crippen molar-refractivity contribution in [3.05, 3.63) is 12.2 Å². The van der Waals surface area contributed by atoms with E-state index < -0.39 is 11.5 Å². The van der Waals surface area contributed by atoms with Gasteiger partial charge < -0.3 is 4.74 Å². The van der Waals surface area contributed by atoms with E-state index in [9.17, 15) is 4.79 Å². The lowest BCUT2D eigenvalue weighted by Crippen LogP contribution is -2.28. The van der Waals surface area contributed by atoms with Crippen LogP contribution in [0.25, 0.3) is 0 Å². The van der Waals surface area contributed by atoms with Crippen LogP contribution in [0.2, 0.25) is 0 Å². The van der Waals surface area contributed by atoms with Crippen molar-refractivity contribution >= 4 is 5.97 Å². The molecular weight excluding hydrogens is 200 g/mol. The van der Waals surface area contributed by atoms with Crippen LogP contribution in [0.3, 0.4) is 0 Å². The van der Waals surface area contributed by atoms with Gasteiger partial charge in [-0.05, 0) is 39.2 Å². The van der Waals surface area contributed by atoms with Gasteiger partial charge in [-0.1, -0.05) is 25.8 Å². The highest BCUT2D eigenvalue weighted by Gasteiger charge is 2.26. The number of hydrogen-bond donors (Lipinski definition) is 0. The van der Waals surface area contributed by atoms with Crippen LogP contribution in [0.4, 0.5) is 0 Å². The highest BCUT2D eigenvalue weighted by atomic mass is 16.5. The van der Waals surface area contributed by atoms with Crippen LogP contribution >= 0.6 is 0 Å². The molecule has 0 aromatic heterocycles. The molecule has 0 aromatic carbocycles. The van der Waals surface area contributed by atoms with Gasteiger partial charge in [-0.3, -0.25) is 4.79 Å². The average Bonchev–Trinajstić information content (AvgIpc) is 2.20. The predicted molar refractivity (Wildman–Crippen MR) is 66.8 cm³/mol. The molecule has 1 unspecified atom stereocenters. The van der Waals surface area contributed by atoms with E-state index in [1.165, 1.54) is 0 Å². The minimum Gasteiger partial charge on any atom is -0.444 e. The van der Waals surface area contributed by atoms with Crippen molar-refractivity contribution in [1.82, 2.24) is 0 Å². The van der Waals surface area contributed by atoms with E-state index in [1.807, 2.05) is 0 Å². The summed E-state index contributed by atoms with van der Waals surface area (Å²) in [7, 11) is 0. The van der Waals surface area contributed by atoms with Gasteiger partial charge in [0, 0.05) is 0 Å². The molecule has 0 heterocycles. The summed E-state index contributed by atoms with van der Waals surface area (Å²) < 4.78 is 5.25. The Morgan fingerprint density at radius 3 is 2.44 bits per heavy atom. The van der Waals surface area contributed by atoms with E-state index >= 15 is 0 Å². The zero-order valence-corrected chi connectivity index (χ0v) is 10.8. The molecule has 90 valence electrons. The third-order valence-electron chi connectivity index (χ3n) is 2.21. The standard InChI is InChI=1S/C14H22O2/c1-7-9-10-11(3)12(8-2)16-13(15)14(4,5)6/h2,12H,3,7,9-10H2,1,4-6H3. The Morgan fingerprint density at radius 1 is 1.50 bits per heavy atom. The lowest BCUT2D eigenvalue weighted by molar-refractivity contribution is -0.154. The van der Waals surface area contributed by atoms with E-state index in [1.54, 1.807) is 20.8 Å². The Kier molecular flexibility index (Phi) is 5.88. The van der Waals surface area contributed by atoms with Gasteiger partial charge in [-0.15, -0.1) is 6.42 Å². The predicted octanol–water partition coefficient (Wildman–Crippen LogP) is 3.32. The van der Waals surface area contributed by atoms with Crippen LogP contribution in [0.5, 0.6) is 0 Å². The third kappa shape index (κ3) is 5.02. The van der Waals surface area contributed by atoms with E-state index in [0.29, 0.717) is 0 Å². The van der Waals surface area contributed by atoms with Gasteiger partial charge >= 0.3 is 5.97 Å². The number of carbonyl (C=O) groups is 1. The second kappa shape index (κ2) is 6.37. The maximum atomic E-state index is 11.7. The summed E-state index contributed by atoms with van der Waals surface area (Å²) in [6.45, 7) is 11.4. The van der Waals surface area contributed by atoms with Crippen molar-refractivity contribution in [2.75, 3.05) is 0 Å². The zero-order chi connectivity index (χ0) is 12.8. The van der Waals surface area contributed by atoms with Crippen molar-refractivity contribution in [2.45, 2.75) is 53.1 Å². The zero-order valence-electron chi connectivity index (χ0n) is 10.8. The fourth-order valence-corrected chi connectivity index (χ4v) is 1.05. The van der Waals surface area contributed by atoms with Crippen molar-refractivity contribution in [2.24, 2.45) is 5.41 Å². The van der Waals surface area contributed by atoms with E-state index in [4.69, 9.17) is 11.2 Å². The van der Waals surface area contributed by atoms with Gasteiger partial charge in [-0.25, -0.2) is 0 Å². The molecule has 0 aliphatic rings. The van der Waals surface area contributed by atoms with E-state index in [2.05, 4.69) is 19.4 Å². The first-order chi connectivity index (χ1) is 7.32. The SMILES string of the molecule is C#CC(OC(=O)C(C)(C)C)C(=C)CCCC. The molecule has 0 amide bonds. The topological polar surface area (TPSA) is 26.3 Å². The first-order valence-corrected chi connectivity index (χ1v) is 5.67. The quantitative estimate of drug-likeness (QED) is 0.405. The van der Waals surface area contributed by atoms with Crippen molar-refractivity contribution in [3.8, 4) is 12.3 Å². The Hall–Kier alpha value is -1.23. The molecular formula is C14H22O2. The average molecular weight is 222 g/mol. The normalized spacial score (nSPS) is 12.7. The highest BCUT2D eigenvalue weighted by Crippen LogP contribution is 2.19. The number of hydrogen-bond acceptors (Lipinski definition) is 2. The van der Waals surface area contributed by atoms with Crippen LogP contribution < -0.4 is 0 Å². The monoisotopic (exact) mass is 222 g/mol.